The minimum atomic E-state index is -0.602. The maximum Gasteiger partial charge on any atom is 0.227 e. The molecular formula is C24H21N3O3. The van der Waals surface area contributed by atoms with Crippen LogP contribution >= 0.6 is 0 Å². The monoisotopic (exact) mass is 399 g/mol. The Balaban J connectivity index is 1.50. The lowest BCUT2D eigenvalue weighted by Crippen LogP contribution is -2.23. The lowest BCUT2D eigenvalue weighted by Gasteiger charge is -2.16. The highest BCUT2D eigenvalue weighted by Crippen LogP contribution is 2.33. The maximum atomic E-state index is 12.0. The molecule has 150 valence electrons. The Bertz CT molecular complexity index is 1230. The first-order chi connectivity index (χ1) is 14.6. The molecule has 4 heterocycles. The van der Waals surface area contributed by atoms with Crippen LogP contribution in [0.2, 0.25) is 0 Å². The third kappa shape index (κ3) is 3.25. The first-order valence-corrected chi connectivity index (χ1v) is 10.0. The summed E-state index contributed by atoms with van der Waals surface area (Å²) in [6, 6.07) is 12.0. The van der Waals surface area contributed by atoms with Gasteiger partial charge in [-0.15, -0.1) is 0 Å². The molecule has 1 aliphatic heterocycles. The summed E-state index contributed by atoms with van der Waals surface area (Å²) in [4.78, 5) is 22.5. The van der Waals surface area contributed by atoms with E-state index in [1.165, 1.54) is 0 Å². The summed E-state index contributed by atoms with van der Waals surface area (Å²) in [5.41, 5.74) is 5.99. The molecule has 1 aliphatic rings. The number of nitrogens with zero attached hydrogens (tertiary/aromatic N) is 3. The average molecular weight is 399 g/mol. The predicted molar refractivity (Wildman–Crippen MR) is 115 cm³/mol. The van der Waals surface area contributed by atoms with E-state index in [2.05, 4.69) is 16.0 Å². The highest BCUT2D eigenvalue weighted by molar-refractivity contribution is 5.96. The molecule has 1 fully saturated rings. The molecule has 0 aliphatic carbocycles. The maximum absolute atomic E-state index is 12.0. The fraction of sp³-hybridized carbons (Fsp3) is 0.208. The lowest BCUT2D eigenvalue weighted by molar-refractivity contribution is -0.117. The molecule has 0 spiro atoms. The van der Waals surface area contributed by atoms with Crippen molar-refractivity contribution in [3.8, 4) is 22.3 Å². The van der Waals surface area contributed by atoms with E-state index in [0.717, 1.165) is 51.9 Å². The van der Waals surface area contributed by atoms with Gasteiger partial charge in [0.2, 0.25) is 11.6 Å². The largest absolute Gasteiger partial charge is 0.445 e. The number of furan rings is 1. The van der Waals surface area contributed by atoms with Gasteiger partial charge in [0.25, 0.3) is 0 Å². The van der Waals surface area contributed by atoms with E-state index >= 15 is 0 Å². The molecule has 0 bridgehead atoms. The highest BCUT2D eigenvalue weighted by atomic mass is 16.3. The van der Waals surface area contributed by atoms with Gasteiger partial charge in [-0.1, -0.05) is 12.1 Å². The molecule has 0 radical (unpaired) electrons. The summed E-state index contributed by atoms with van der Waals surface area (Å²) in [5, 5.41) is 10.7. The summed E-state index contributed by atoms with van der Waals surface area (Å²) in [6.45, 7) is 2.50. The zero-order valence-corrected chi connectivity index (χ0v) is 16.6. The van der Waals surface area contributed by atoms with Crippen molar-refractivity contribution < 1.29 is 14.3 Å². The number of pyridine rings is 2. The number of hydrogen-bond acceptors (Lipinski definition) is 5. The van der Waals surface area contributed by atoms with Crippen LogP contribution < -0.4 is 4.90 Å². The van der Waals surface area contributed by atoms with Gasteiger partial charge in [-0.25, -0.2) is 4.98 Å². The molecule has 1 amide bonds. The molecule has 1 atom stereocenters. The molecule has 30 heavy (non-hydrogen) atoms. The average Bonchev–Trinajstić information content (AvgIpc) is 3.39. The molecule has 1 saturated heterocycles. The zero-order valence-electron chi connectivity index (χ0n) is 16.6. The fourth-order valence-electron chi connectivity index (χ4n) is 3.89. The van der Waals surface area contributed by atoms with E-state index < -0.39 is 6.10 Å². The Morgan fingerprint density at radius 2 is 1.87 bits per heavy atom. The number of aliphatic hydroxyl groups excluding tert-OH is 1. The van der Waals surface area contributed by atoms with Gasteiger partial charge in [-0.05, 0) is 48.7 Å². The van der Waals surface area contributed by atoms with Crippen molar-refractivity contribution in [3.63, 3.8) is 0 Å². The van der Waals surface area contributed by atoms with Crippen molar-refractivity contribution in [2.75, 3.05) is 11.4 Å². The molecule has 1 N–H and O–H groups in total. The molecule has 1 unspecified atom stereocenters. The van der Waals surface area contributed by atoms with Crippen LogP contribution in [0, 0.1) is 0 Å². The normalized spacial score (nSPS) is 15.1. The van der Waals surface area contributed by atoms with E-state index in [1.807, 2.05) is 41.4 Å². The Kier molecular flexibility index (Phi) is 4.56. The van der Waals surface area contributed by atoms with Crippen molar-refractivity contribution in [1.82, 2.24) is 9.97 Å². The lowest BCUT2D eigenvalue weighted by atomic mass is 10.0. The van der Waals surface area contributed by atoms with Crippen molar-refractivity contribution in [1.29, 1.82) is 0 Å². The third-order valence-corrected chi connectivity index (χ3v) is 5.57. The SMILES string of the molecule is CC(O)c1cnc2occ(-c3cncc(-c4ccc(N5CCCC5=O)cc4)c3)c2c1. The van der Waals surface area contributed by atoms with E-state index in [0.29, 0.717) is 12.1 Å². The Morgan fingerprint density at radius 3 is 2.60 bits per heavy atom. The van der Waals surface area contributed by atoms with Gasteiger partial charge in [0.1, 0.15) is 6.26 Å². The van der Waals surface area contributed by atoms with Gasteiger partial charge >= 0.3 is 0 Å². The number of carbonyl (C=O) groups excluding carboxylic acids is 1. The number of rotatable bonds is 4. The number of hydrogen-bond donors (Lipinski definition) is 1. The third-order valence-electron chi connectivity index (χ3n) is 5.57. The van der Waals surface area contributed by atoms with Crippen LogP contribution in [0.3, 0.4) is 0 Å². The summed E-state index contributed by atoms with van der Waals surface area (Å²) >= 11 is 0. The number of carbonyl (C=O) groups is 1. The van der Waals surface area contributed by atoms with Gasteiger partial charge in [-0.2, -0.15) is 0 Å². The molecule has 6 nitrogen and oxygen atoms in total. The molecular weight excluding hydrogens is 378 g/mol. The van der Waals surface area contributed by atoms with E-state index in [1.54, 1.807) is 25.6 Å². The van der Waals surface area contributed by atoms with E-state index in [9.17, 15) is 9.90 Å². The summed E-state index contributed by atoms with van der Waals surface area (Å²) in [5.74, 6) is 0.184. The van der Waals surface area contributed by atoms with Gasteiger partial charge in [0.15, 0.2) is 0 Å². The second-order valence-electron chi connectivity index (χ2n) is 7.60. The van der Waals surface area contributed by atoms with Crippen molar-refractivity contribution in [2.45, 2.75) is 25.9 Å². The number of aromatic nitrogens is 2. The second-order valence-corrected chi connectivity index (χ2v) is 7.60. The first kappa shape index (κ1) is 18.5. The van der Waals surface area contributed by atoms with Gasteiger partial charge < -0.3 is 14.4 Å². The summed E-state index contributed by atoms with van der Waals surface area (Å²) in [7, 11) is 0. The number of anilines is 1. The van der Waals surface area contributed by atoms with Gasteiger partial charge in [-0.3, -0.25) is 9.78 Å². The molecule has 4 aromatic rings. The number of benzene rings is 1. The Labute approximate surface area is 173 Å². The molecule has 6 heteroatoms. The van der Waals surface area contributed by atoms with Crippen LogP contribution in [0.25, 0.3) is 33.4 Å². The predicted octanol–water partition coefficient (Wildman–Crippen LogP) is 4.74. The Hall–Kier alpha value is -3.51. The Morgan fingerprint density at radius 1 is 1.07 bits per heavy atom. The second kappa shape index (κ2) is 7.39. The van der Waals surface area contributed by atoms with Crippen LogP contribution in [0.4, 0.5) is 5.69 Å². The molecule has 5 rings (SSSR count). The summed E-state index contributed by atoms with van der Waals surface area (Å²) in [6.07, 6.45) is 7.85. The molecule has 0 saturated carbocycles. The van der Waals surface area contributed by atoms with Crippen LogP contribution in [0.1, 0.15) is 31.4 Å². The standard InChI is InChI=1S/C24H21N3O3/c1-15(28)17-10-21-22(14-30-24(21)26-13-17)19-9-18(11-25-12-19)16-4-6-20(7-5-16)27-8-2-3-23(27)29/h4-7,9-15,28H,2-3,8H2,1H3. The van der Waals surface area contributed by atoms with Gasteiger partial charge in [0, 0.05) is 59.3 Å². The van der Waals surface area contributed by atoms with Crippen molar-refractivity contribution >= 4 is 22.7 Å². The van der Waals surface area contributed by atoms with Crippen LogP contribution in [0.15, 0.2) is 65.7 Å². The molecule has 1 aromatic carbocycles. The highest BCUT2D eigenvalue weighted by Gasteiger charge is 2.21. The topological polar surface area (TPSA) is 79.5 Å². The minimum Gasteiger partial charge on any atom is -0.445 e. The zero-order chi connectivity index (χ0) is 20.7. The number of aliphatic hydroxyl groups is 1. The van der Waals surface area contributed by atoms with Crippen LogP contribution in [-0.2, 0) is 4.79 Å². The van der Waals surface area contributed by atoms with Crippen LogP contribution in [0.5, 0.6) is 0 Å². The first-order valence-electron chi connectivity index (χ1n) is 10.0. The van der Waals surface area contributed by atoms with Gasteiger partial charge in [0.05, 0.1) is 6.10 Å². The number of amides is 1. The number of fused-ring (bicyclic) bond motifs is 1. The minimum absolute atomic E-state index is 0.184. The molecule has 3 aromatic heterocycles. The smallest absolute Gasteiger partial charge is 0.227 e. The van der Waals surface area contributed by atoms with Crippen molar-refractivity contribution in [3.05, 3.63) is 66.8 Å². The fourth-order valence-corrected chi connectivity index (χ4v) is 3.89. The van der Waals surface area contributed by atoms with Crippen molar-refractivity contribution in [2.24, 2.45) is 0 Å². The van der Waals surface area contributed by atoms with Crippen LogP contribution in [-0.4, -0.2) is 27.5 Å². The summed E-state index contributed by atoms with van der Waals surface area (Å²) < 4.78 is 5.61. The van der Waals surface area contributed by atoms with E-state index in [-0.39, 0.29) is 5.91 Å². The quantitative estimate of drug-likeness (QED) is 0.536. The van der Waals surface area contributed by atoms with E-state index in [4.69, 9.17) is 4.42 Å².